The highest BCUT2D eigenvalue weighted by atomic mass is 16.5. The van der Waals surface area contributed by atoms with Crippen molar-refractivity contribution in [2.24, 2.45) is 0 Å². The molecule has 1 N–H and O–H groups in total. The molecule has 0 spiro atoms. The zero-order chi connectivity index (χ0) is 22.5. The Morgan fingerprint density at radius 3 is 2.30 bits per heavy atom. The van der Waals surface area contributed by atoms with Crippen molar-refractivity contribution in [3.8, 4) is 11.3 Å². The van der Waals surface area contributed by atoms with Gasteiger partial charge in [0.1, 0.15) is 5.69 Å². The van der Waals surface area contributed by atoms with E-state index >= 15 is 0 Å². The number of amides is 1. The molecule has 2 heterocycles. The van der Waals surface area contributed by atoms with Gasteiger partial charge in [0.2, 0.25) is 0 Å². The third-order valence-corrected chi connectivity index (χ3v) is 5.74. The molecule has 0 atom stereocenters. The fourth-order valence-electron chi connectivity index (χ4n) is 4.10. The Morgan fingerprint density at radius 2 is 1.55 bits per heavy atom. The fraction of sp³-hybridized carbons (Fsp3) is 0.185. The second-order valence-corrected chi connectivity index (χ2v) is 8.01. The van der Waals surface area contributed by atoms with Gasteiger partial charge in [-0.1, -0.05) is 72.8 Å². The minimum absolute atomic E-state index is 0.172. The fourth-order valence-corrected chi connectivity index (χ4v) is 4.10. The van der Waals surface area contributed by atoms with Crippen LogP contribution in [0, 0.1) is 0 Å². The molecule has 0 unspecified atom stereocenters. The normalized spacial score (nSPS) is 13.6. The van der Waals surface area contributed by atoms with Crippen molar-refractivity contribution >= 4 is 17.3 Å². The molecule has 6 nitrogen and oxygen atoms in total. The summed E-state index contributed by atoms with van der Waals surface area (Å²) >= 11 is 0. The zero-order valence-corrected chi connectivity index (χ0v) is 18.4. The Morgan fingerprint density at radius 1 is 0.879 bits per heavy atom. The number of anilines is 2. The lowest BCUT2D eigenvalue weighted by Gasteiger charge is -2.30. The number of para-hydroxylation sites is 2. The predicted octanol–water partition coefficient (Wildman–Crippen LogP) is 4.69. The minimum Gasteiger partial charge on any atom is -0.378 e. The molecule has 3 aromatic carbocycles. The average Bonchev–Trinajstić information content (AvgIpc) is 3.30. The van der Waals surface area contributed by atoms with E-state index in [1.165, 1.54) is 0 Å². The summed E-state index contributed by atoms with van der Waals surface area (Å²) in [4.78, 5) is 15.7. The molecule has 33 heavy (non-hydrogen) atoms. The summed E-state index contributed by atoms with van der Waals surface area (Å²) in [5.41, 5.74) is 5.06. The van der Waals surface area contributed by atoms with E-state index in [9.17, 15) is 4.79 Å². The van der Waals surface area contributed by atoms with Gasteiger partial charge in [-0.25, -0.2) is 0 Å². The predicted molar refractivity (Wildman–Crippen MR) is 131 cm³/mol. The second kappa shape index (κ2) is 9.71. The second-order valence-electron chi connectivity index (χ2n) is 8.01. The minimum atomic E-state index is -0.172. The van der Waals surface area contributed by atoms with E-state index in [0.717, 1.165) is 35.6 Å². The largest absolute Gasteiger partial charge is 0.378 e. The number of morpholine rings is 1. The zero-order valence-electron chi connectivity index (χ0n) is 18.4. The van der Waals surface area contributed by atoms with E-state index in [0.29, 0.717) is 31.0 Å². The van der Waals surface area contributed by atoms with E-state index in [1.54, 1.807) is 0 Å². The molecule has 166 valence electrons. The third-order valence-electron chi connectivity index (χ3n) is 5.74. The first-order valence-corrected chi connectivity index (χ1v) is 11.2. The molecule has 1 aliphatic heterocycles. The van der Waals surface area contributed by atoms with Crippen molar-refractivity contribution in [1.29, 1.82) is 0 Å². The smallest absolute Gasteiger partial charge is 0.259 e. The number of hydrogen-bond acceptors (Lipinski definition) is 4. The van der Waals surface area contributed by atoms with Gasteiger partial charge in [0, 0.05) is 24.8 Å². The molecule has 0 radical (unpaired) electrons. The van der Waals surface area contributed by atoms with Crippen LogP contribution in [0.4, 0.5) is 11.4 Å². The molecule has 0 aliphatic carbocycles. The lowest BCUT2D eigenvalue weighted by atomic mass is 10.1. The number of rotatable bonds is 6. The molecule has 0 saturated carbocycles. The molecule has 1 aliphatic rings. The summed E-state index contributed by atoms with van der Waals surface area (Å²) in [5, 5.41) is 7.92. The van der Waals surface area contributed by atoms with Gasteiger partial charge >= 0.3 is 0 Å². The summed E-state index contributed by atoms with van der Waals surface area (Å²) in [6.07, 6.45) is 1.84. The van der Waals surface area contributed by atoms with Gasteiger partial charge in [0.25, 0.3) is 5.91 Å². The molecular weight excluding hydrogens is 412 g/mol. The SMILES string of the molecule is O=C(Nc1ccccc1N1CCOCC1)c1cn(Cc2ccccc2)nc1-c1ccccc1. The van der Waals surface area contributed by atoms with Crippen LogP contribution in [0.3, 0.4) is 0 Å². The van der Waals surface area contributed by atoms with Crippen molar-refractivity contribution in [2.45, 2.75) is 6.54 Å². The maximum Gasteiger partial charge on any atom is 0.259 e. The Bertz CT molecular complexity index is 1220. The van der Waals surface area contributed by atoms with E-state index in [4.69, 9.17) is 9.84 Å². The van der Waals surface area contributed by atoms with Crippen molar-refractivity contribution in [3.05, 3.63) is 102 Å². The van der Waals surface area contributed by atoms with Crippen molar-refractivity contribution in [1.82, 2.24) is 9.78 Å². The van der Waals surface area contributed by atoms with Crippen LogP contribution in [-0.4, -0.2) is 42.0 Å². The number of carbonyl (C=O) groups is 1. The van der Waals surface area contributed by atoms with Crippen LogP contribution in [0.25, 0.3) is 11.3 Å². The van der Waals surface area contributed by atoms with E-state index < -0.39 is 0 Å². The summed E-state index contributed by atoms with van der Waals surface area (Å²) in [6.45, 7) is 3.58. The average molecular weight is 439 g/mol. The van der Waals surface area contributed by atoms with E-state index in [-0.39, 0.29) is 5.91 Å². The summed E-state index contributed by atoms with van der Waals surface area (Å²) in [7, 11) is 0. The van der Waals surface area contributed by atoms with Gasteiger partial charge in [-0.15, -0.1) is 0 Å². The number of nitrogens with one attached hydrogen (secondary N) is 1. The first-order valence-electron chi connectivity index (χ1n) is 11.2. The van der Waals surface area contributed by atoms with Gasteiger partial charge in [-0.2, -0.15) is 5.10 Å². The van der Waals surface area contributed by atoms with Crippen LogP contribution in [0.15, 0.2) is 91.1 Å². The Hall–Kier alpha value is -3.90. The van der Waals surface area contributed by atoms with Crippen LogP contribution < -0.4 is 10.2 Å². The monoisotopic (exact) mass is 438 g/mol. The van der Waals surface area contributed by atoms with Crippen molar-refractivity contribution in [3.63, 3.8) is 0 Å². The molecule has 1 fully saturated rings. The number of nitrogens with zero attached hydrogens (tertiary/aromatic N) is 3. The van der Waals surface area contributed by atoms with Gasteiger partial charge < -0.3 is 15.0 Å². The van der Waals surface area contributed by atoms with Crippen LogP contribution in [0.2, 0.25) is 0 Å². The number of benzene rings is 3. The molecule has 1 amide bonds. The molecule has 4 aromatic rings. The van der Waals surface area contributed by atoms with Crippen molar-refractivity contribution in [2.75, 3.05) is 36.5 Å². The highest BCUT2D eigenvalue weighted by Crippen LogP contribution is 2.29. The van der Waals surface area contributed by atoms with Crippen LogP contribution >= 0.6 is 0 Å². The quantitative estimate of drug-likeness (QED) is 0.475. The molecule has 0 bridgehead atoms. The molecule has 1 aromatic heterocycles. The molecule has 5 rings (SSSR count). The van der Waals surface area contributed by atoms with Gasteiger partial charge in [0.15, 0.2) is 0 Å². The number of hydrogen-bond donors (Lipinski definition) is 1. The lowest BCUT2D eigenvalue weighted by Crippen LogP contribution is -2.36. The number of ether oxygens (including phenoxy) is 1. The van der Waals surface area contributed by atoms with Crippen molar-refractivity contribution < 1.29 is 9.53 Å². The van der Waals surface area contributed by atoms with Crippen LogP contribution in [0.1, 0.15) is 15.9 Å². The van der Waals surface area contributed by atoms with Gasteiger partial charge in [-0.05, 0) is 17.7 Å². The highest BCUT2D eigenvalue weighted by Gasteiger charge is 2.21. The molecule has 6 heteroatoms. The summed E-state index contributed by atoms with van der Waals surface area (Å²) in [5.74, 6) is -0.172. The number of aromatic nitrogens is 2. The Kier molecular flexibility index (Phi) is 6.17. The van der Waals surface area contributed by atoms with Gasteiger partial charge in [-0.3, -0.25) is 9.48 Å². The van der Waals surface area contributed by atoms with E-state index in [2.05, 4.69) is 22.3 Å². The lowest BCUT2D eigenvalue weighted by molar-refractivity contribution is 0.102. The maximum absolute atomic E-state index is 13.5. The maximum atomic E-state index is 13.5. The standard InChI is InChI=1S/C27H26N4O2/c32-27(28-24-13-7-8-14-25(24)30-15-17-33-18-16-30)23-20-31(19-21-9-3-1-4-10-21)29-26(23)22-11-5-2-6-12-22/h1-14,20H,15-19H2,(H,28,32). The Balaban J connectivity index is 1.46. The van der Waals surface area contributed by atoms with E-state index in [1.807, 2.05) is 83.7 Å². The summed E-state index contributed by atoms with van der Waals surface area (Å²) in [6, 6.07) is 27.9. The highest BCUT2D eigenvalue weighted by molar-refractivity contribution is 6.09. The van der Waals surface area contributed by atoms with Crippen LogP contribution in [0.5, 0.6) is 0 Å². The first kappa shape index (κ1) is 21.0. The molecule has 1 saturated heterocycles. The topological polar surface area (TPSA) is 59.4 Å². The number of carbonyl (C=O) groups excluding carboxylic acids is 1. The van der Waals surface area contributed by atoms with Crippen LogP contribution in [-0.2, 0) is 11.3 Å². The summed E-state index contributed by atoms with van der Waals surface area (Å²) < 4.78 is 7.32. The van der Waals surface area contributed by atoms with Gasteiger partial charge in [0.05, 0.1) is 36.7 Å². The molecular formula is C27H26N4O2. The Labute approximate surface area is 193 Å². The third kappa shape index (κ3) is 4.81. The first-order chi connectivity index (χ1) is 16.3.